The largest absolute Gasteiger partial charge is 0.494 e. The van der Waals surface area contributed by atoms with Crippen molar-refractivity contribution in [1.29, 1.82) is 0 Å². The summed E-state index contributed by atoms with van der Waals surface area (Å²) in [5.41, 5.74) is 2.84. The van der Waals surface area contributed by atoms with E-state index < -0.39 is 0 Å². The first-order valence-corrected chi connectivity index (χ1v) is 14.6. The van der Waals surface area contributed by atoms with Gasteiger partial charge in [-0.3, -0.25) is 19.4 Å². The number of carbonyl (C=O) groups is 2. The maximum atomic E-state index is 12.6. The third kappa shape index (κ3) is 6.98. The molecule has 3 aliphatic rings. The first-order chi connectivity index (χ1) is 19.0. The van der Waals surface area contributed by atoms with Crippen LogP contribution in [0.4, 0.5) is 11.4 Å². The molecule has 0 aromatic heterocycles. The van der Waals surface area contributed by atoms with Crippen LogP contribution < -0.4 is 19.9 Å². The van der Waals surface area contributed by atoms with Gasteiger partial charge < -0.3 is 19.7 Å². The summed E-state index contributed by atoms with van der Waals surface area (Å²) in [5.74, 6) is 0.392. The van der Waals surface area contributed by atoms with Crippen LogP contribution in [-0.2, 0) is 20.7 Å². The number of rotatable bonds is 10. The van der Waals surface area contributed by atoms with Crippen LogP contribution in [0.3, 0.4) is 0 Å². The second-order valence-electron chi connectivity index (χ2n) is 10.3. The highest BCUT2D eigenvalue weighted by Gasteiger charge is 2.28. The van der Waals surface area contributed by atoms with Crippen molar-refractivity contribution in [2.75, 3.05) is 62.4 Å². The molecule has 0 saturated carbocycles. The number of piperazine rings is 1. The molecule has 2 saturated heterocycles. The van der Waals surface area contributed by atoms with Crippen LogP contribution in [0.2, 0.25) is 10.0 Å². The lowest BCUT2D eigenvalue weighted by molar-refractivity contribution is -0.146. The number of aryl methyl sites for hydroxylation is 1. The monoisotopic (exact) mass is 574 g/mol. The standard InChI is InChI=1S/C29H36Cl2N4O4/c30-23-5-3-7-25(28(23)31)34-16-14-33(15-17-34)13-1-2-18-38-22-10-8-21-9-11-27(36)35(26(21)19-22)20-39-29(37)24-6-4-12-32-24/h3,5,7-8,10,19,24,32H,1-2,4,6,9,11-18,20H2. The van der Waals surface area contributed by atoms with Crippen LogP contribution >= 0.6 is 23.2 Å². The second kappa shape index (κ2) is 13.2. The Hall–Kier alpha value is -2.52. The zero-order valence-electron chi connectivity index (χ0n) is 22.2. The van der Waals surface area contributed by atoms with Crippen molar-refractivity contribution in [3.05, 3.63) is 52.0 Å². The average molecular weight is 576 g/mol. The Balaban J connectivity index is 1.05. The third-order valence-electron chi connectivity index (χ3n) is 7.72. The fraction of sp³-hybridized carbons (Fsp3) is 0.517. The van der Waals surface area contributed by atoms with Gasteiger partial charge in [0.05, 0.1) is 28.0 Å². The number of ether oxygens (including phenoxy) is 2. The summed E-state index contributed by atoms with van der Waals surface area (Å²) in [5, 5.41) is 4.36. The van der Waals surface area contributed by atoms with Gasteiger partial charge in [-0.1, -0.05) is 35.3 Å². The molecule has 1 unspecified atom stereocenters. The van der Waals surface area contributed by atoms with Gasteiger partial charge in [-0.15, -0.1) is 0 Å². The molecule has 2 fully saturated rings. The van der Waals surface area contributed by atoms with E-state index in [0.717, 1.165) is 87.6 Å². The zero-order chi connectivity index (χ0) is 27.2. The maximum absolute atomic E-state index is 12.6. The topological polar surface area (TPSA) is 74.4 Å². The molecule has 1 amide bonds. The van der Waals surface area contributed by atoms with Crippen molar-refractivity contribution in [1.82, 2.24) is 10.2 Å². The van der Waals surface area contributed by atoms with E-state index in [9.17, 15) is 9.59 Å². The summed E-state index contributed by atoms with van der Waals surface area (Å²) in [7, 11) is 0. The van der Waals surface area contributed by atoms with Crippen molar-refractivity contribution in [3.8, 4) is 5.75 Å². The quantitative estimate of drug-likeness (QED) is 0.330. The number of nitrogens with one attached hydrogen (secondary N) is 1. The molecular formula is C29H36Cl2N4O4. The van der Waals surface area contributed by atoms with Crippen LogP contribution in [0.15, 0.2) is 36.4 Å². The molecular weight excluding hydrogens is 539 g/mol. The van der Waals surface area contributed by atoms with Crippen LogP contribution in [0.25, 0.3) is 0 Å². The smallest absolute Gasteiger partial charge is 0.324 e. The number of halogens is 2. The fourth-order valence-corrected chi connectivity index (χ4v) is 5.85. The molecule has 2 aromatic carbocycles. The molecule has 0 bridgehead atoms. The lowest BCUT2D eigenvalue weighted by atomic mass is 10.0. The molecule has 210 valence electrons. The molecule has 39 heavy (non-hydrogen) atoms. The van der Waals surface area contributed by atoms with Crippen molar-refractivity contribution in [3.63, 3.8) is 0 Å². The van der Waals surface area contributed by atoms with Gasteiger partial charge >= 0.3 is 5.97 Å². The van der Waals surface area contributed by atoms with E-state index in [2.05, 4.69) is 15.1 Å². The van der Waals surface area contributed by atoms with Gasteiger partial charge in [-0.25, -0.2) is 0 Å². The van der Waals surface area contributed by atoms with E-state index in [1.54, 1.807) is 4.90 Å². The number of hydrogen-bond acceptors (Lipinski definition) is 7. The van der Waals surface area contributed by atoms with E-state index in [1.807, 2.05) is 36.4 Å². The number of unbranched alkanes of at least 4 members (excludes halogenated alkanes) is 1. The summed E-state index contributed by atoms with van der Waals surface area (Å²) >= 11 is 12.6. The predicted octanol–water partition coefficient (Wildman–Crippen LogP) is 4.51. The summed E-state index contributed by atoms with van der Waals surface area (Å²) in [6.45, 7) is 6.20. The molecule has 2 aromatic rings. The summed E-state index contributed by atoms with van der Waals surface area (Å²) in [4.78, 5) is 31.3. The van der Waals surface area contributed by atoms with E-state index in [0.29, 0.717) is 29.5 Å². The van der Waals surface area contributed by atoms with Crippen LogP contribution in [0.5, 0.6) is 5.75 Å². The molecule has 1 N–H and O–H groups in total. The molecule has 3 heterocycles. The zero-order valence-corrected chi connectivity index (χ0v) is 23.7. The van der Waals surface area contributed by atoms with Crippen LogP contribution in [0.1, 0.15) is 37.7 Å². The number of nitrogens with zero attached hydrogens (tertiary/aromatic N) is 3. The van der Waals surface area contributed by atoms with Gasteiger partial charge in [0.25, 0.3) is 0 Å². The van der Waals surface area contributed by atoms with Crippen molar-refractivity contribution in [2.45, 2.75) is 44.6 Å². The highest BCUT2D eigenvalue weighted by molar-refractivity contribution is 6.43. The molecule has 0 spiro atoms. The minimum Gasteiger partial charge on any atom is -0.494 e. The number of esters is 1. The minimum atomic E-state index is -0.297. The molecule has 3 aliphatic heterocycles. The van der Waals surface area contributed by atoms with E-state index in [4.69, 9.17) is 32.7 Å². The van der Waals surface area contributed by atoms with Crippen LogP contribution in [0, 0.1) is 0 Å². The molecule has 0 radical (unpaired) electrons. The van der Waals surface area contributed by atoms with E-state index in [-0.39, 0.29) is 24.6 Å². The highest BCUT2D eigenvalue weighted by atomic mass is 35.5. The van der Waals surface area contributed by atoms with Gasteiger partial charge in [0.15, 0.2) is 6.73 Å². The lowest BCUT2D eigenvalue weighted by Crippen LogP contribution is -2.46. The molecule has 0 aliphatic carbocycles. The van der Waals surface area contributed by atoms with Gasteiger partial charge in [0.1, 0.15) is 11.8 Å². The van der Waals surface area contributed by atoms with Gasteiger partial charge in [-0.2, -0.15) is 0 Å². The normalized spacial score (nSPS) is 19.7. The third-order valence-corrected chi connectivity index (χ3v) is 8.53. The molecule has 8 nitrogen and oxygen atoms in total. The number of benzene rings is 2. The summed E-state index contributed by atoms with van der Waals surface area (Å²) in [6.07, 6.45) is 4.80. The Bertz CT molecular complexity index is 1170. The SMILES string of the molecule is O=C(OCN1C(=O)CCc2ccc(OCCCCN3CCN(c4cccc(Cl)c4Cl)CC3)cc21)C1CCCN1. The van der Waals surface area contributed by atoms with Crippen molar-refractivity contribution >= 4 is 46.5 Å². The summed E-state index contributed by atoms with van der Waals surface area (Å²) in [6, 6.07) is 11.4. The highest BCUT2D eigenvalue weighted by Crippen LogP contribution is 2.33. The lowest BCUT2D eigenvalue weighted by Gasteiger charge is -2.36. The Labute approximate surface area is 240 Å². The molecule has 10 heteroatoms. The first-order valence-electron chi connectivity index (χ1n) is 13.9. The van der Waals surface area contributed by atoms with Crippen molar-refractivity contribution < 1.29 is 19.1 Å². The van der Waals surface area contributed by atoms with E-state index in [1.165, 1.54) is 0 Å². The van der Waals surface area contributed by atoms with Gasteiger partial charge in [0.2, 0.25) is 5.91 Å². The average Bonchev–Trinajstić information content (AvgIpc) is 3.49. The fourth-order valence-electron chi connectivity index (χ4n) is 5.44. The Morgan fingerprint density at radius 2 is 1.87 bits per heavy atom. The predicted molar refractivity (Wildman–Crippen MR) is 154 cm³/mol. The van der Waals surface area contributed by atoms with Crippen molar-refractivity contribution in [2.24, 2.45) is 0 Å². The molecule has 1 atom stereocenters. The second-order valence-corrected chi connectivity index (χ2v) is 11.1. The maximum Gasteiger partial charge on any atom is 0.324 e. The summed E-state index contributed by atoms with van der Waals surface area (Å²) < 4.78 is 11.5. The Morgan fingerprint density at radius 3 is 2.67 bits per heavy atom. The number of anilines is 2. The van der Waals surface area contributed by atoms with Gasteiger partial charge in [-0.05, 0) is 69.0 Å². The van der Waals surface area contributed by atoms with Gasteiger partial charge in [0, 0.05) is 38.7 Å². The Morgan fingerprint density at radius 1 is 1.03 bits per heavy atom. The number of fused-ring (bicyclic) bond motifs is 1. The van der Waals surface area contributed by atoms with Crippen LogP contribution in [-0.4, -0.2) is 75.4 Å². The van der Waals surface area contributed by atoms with E-state index >= 15 is 0 Å². The number of amides is 1. The molecule has 5 rings (SSSR count). The first kappa shape index (κ1) is 28.0. The Kier molecular flexibility index (Phi) is 9.50. The number of hydrogen-bond donors (Lipinski definition) is 1. The number of carbonyl (C=O) groups excluding carboxylic acids is 2. The minimum absolute atomic E-state index is 0.0374.